The highest BCUT2D eigenvalue weighted by atomic mass is 35.5. The maximum atomic E-state index is 15.2. The molecule has 2 N–H and O–H groups in total. The normalized spacial score (nSPS) is 16.4. The molecule has 1 saturated heterocycles. The van der Waals surface area contributed by atoms with Crippen molar-refractivity contribution in [1.82, 2.24) is 25.1 Å². The van der Waals surface area contributed by atoms with Gasteiger partial charge in [0.1, 0.15) is 19.0 Å². The molecule has 3 heterocycles. The molecule has 1 atom stereocenters. The minimum Gasteiger partial charge on any atom is -0.478 e. The molecule has 2 aliphatic heterocycles. The Kier molecular flexibility index (Phi) is 8.55. The first-order valence-corrected chi connectivity index (χ1v) is 14.4. The second-order valence-electron chi connectivity index (χ2n) is 10.4. The maximum absolute atomic E-state index is 15.2. The lowest BCUT2D eigenvalue weighted by Crippen LogP contribution is -2.46. The van der Waals surface area contributed by atoms with Crippen LogP contribution in [0.2, 0.25) is 5.02 Å². The molecule has 1 aromatic heterocycles. The number of nitrogens with one attached hydrogen (secondary N) is 1. The topological polar surface area (TPSA) is 160 Å². The Morgan fingerprint density at radius 2 is 1.87 bits per heavy atom. The minimum absolute atomic E-state index is 0.0389. The predicted octanol–water partition coefficient (Wildman–Crippen LogP) is 3.29. The molecule has 4 aromatic rings. The number of fused-ring (bicyclic) bond motifs is 1. The van der Waals surface area contributed by atoms with Crippen LogP contribution in [0.4, 0.5) is 15.8 Å². The van der Waals surface area contributed by atoms with Crippen molar-refractivity contribution >= 4 is 52.7 Å². The Morgan fingerprint density at radius 3 is 2.59 bits per heavy atom. The summed E-state index contributed by atoms with van der Waals surface area (Å²) in [5.41, 5.74) is 2.41. The second-order valence-corrected chi connectivity index (χ2v) is 10.8. The summed E-state index contributed by atoms with van der Waals surface area (Å²) in [5.74, 6) is -3.29. The Morgan fingerprint density at radius 1 is 1.07 bits per heavy atom. The average Bonchev–Trinajstić information content (AvgIpc) is 3.60. The maximum Gasteiger partial charge on any atom is 0.335 e. The Hall–Kier alpha value is -5.47. The van der Waals surface area contributed by atoms with E-state index in [1.54, 1.807) is 23.1 Å². The van der Waals surface area contributed by atoms with Crippen molar-refractivity contribution in [2.75, 3.05) is 36.5 Å². The molecule has 0 aliphatic carbocycles. The molecular formula is C31H25ClFN7O6. The number of amides is 3. The molecule has 6 rings (SSSR count). The molecule has 15 heteroatoms. The van der Waals surface area contributed by atoms with Crippen LogP contribution in [0.1, 0.15) is 33.1 Å². The largest absolute Gasteiger partial charge is 0.478 e. The first-order chi connectivity index (χ1) is 22.2. The van der Waals surface area contributed by atoms with Gasteiger partial charge in [0.15, 0.2) is 5.82 Å². The Labute approximate surface area is 265 Å². The van der Waals surface area contributed by atoms with Gasteiger partial charge >= 0.3 is 5.97 Å². The van der Waals surface area contributed by atoms with Crippen LogP contribution in [0.25, 0.3) is 11.8 Å². The highest BCUT2D eigenvalue weighted by Gasteiger charge is 2.37. The number of tetrazole rings is 1. The Bertz CT molecular complexity index is 1870. The van der Waals surface area contributed by atoms with Crippen LogP contribution < -0.4 is 10.2 Å². The molecule has 3 amide bonds. The highest BCUT2D eigenvalue weighted by Crippen LogP contribution is 2.37. The number of carbonyl (C=O) groups excluding carboxylic acids is 3. The number of morpholine rings is 1. The van der Waals surface area contributed by atoms with Gasteiger partial charge in [-0.05, 0) is 76.5 Å². The number of anilines is 2. The molecule has 0 radical (unpaired) electrons. The quantitative estimate of drug-likeness (QED) is 0.288. The van der Waals surface area contributed by atoms with E-state index < -0.39 is 29.6 Å². The third-order valence-electron chi connectivity index (χ3n) is 7.70. The van der Waals surface area contributed by atoms with E-state index in [0.29, 0.717) is 36.5 Å². The molecule has 2 aliphatic rings. The summed E-state index contributed by atoms with van der Waals surface area (Å²) in [4.78, 5) is 54.7. The summed E-state index contributed by atoms with van der Waals surface area (Å²) >= 11 is 6.04. The summed E-state index contributed by atoms with van der Waals surface area (Å²) < 4.78 is 21.7. The average molecular weight is 646 g/mol. The summed E-state index contributed by atoms with van der Waals surface area (Å²) in [6.45, 7) is 0.720. The number of carboxylic acids is 1. The van der Waals surface area contributed by atoms with Gasteiger partial charge in [0.2, 0.25) is 5.91 Å². The monoisotopic (exact) mass is 645 g/mol. The van der Waals surface area contributed by atoms with Crippen LogP contribution in [0.15, 0.2) is 67.0 Å². The van der Waals surface area contributed by atoms with Crippen molar-refractivity contribution < 1.29 is 33.4 Å². The summed E-state index contributed by atoms with van der Waals surface area (Å²) in [6.07, 6.45) is 3.99. The van der Waals surface area contributed by atoms with Crippen LogP contribution >= 0.6 is 11.6 Å². The number of aromatic carboxylic acids is 1. The molecule has 46 heavy (non-hydrogen) atoms. The van der Waals surface area contributed by atoms with Gasteiger partial charge < -0.3 is 25.0 Å². The smallest absolute Gasteiger partial charge is 0.335 e. The second kappa shape index (κ2) is 12.9. The van der Waals surface area contributed by atoms with Gasteiger partial charge in [0, 0.05) is 36.1 Å². The van der Waals surface area contributed by atoms with Crippen LogP contribution in [0.3, 0.4) is 0 Å². The molecular weight excluding hydrogens is 621 g/mol. The lowest BCUT2D eigenvalue weighted by molar-refractivity contribution is -0.135. The third-order valence-corrected chi connectivity index (χ3v) is 7.99. The number of nitrogens with zero attached hydrogens (tertiary/aromatic N) is 6. The van der Waals surface area contributed by atoms with Crippen LogP contribution in [-0.2, 0) is 25.5 Å². The molecule has 234 valence electrons. The van der Waals surface area contributed by atoms with Gasteiger partial charge in [-0.15, -0.1) is 5.10 Å². The van der Waals surface area contributed by atoms with Gasteiger partial charge in [-0.3, -0.25) is 14.4 Å². The van der Waals surface area contributed by atoms with E-state index in [0.717, 1.165) is 11.6 Å². The number of rotatable bonds is 7. The number of benzene rings is 3. The van der Waals surface area contributed by atoms with E-state index in [1.165, 1.54) is 58.4 Å². The molecule has 13 nitrogen and oxygen atoms in total. The highest BCUT2D eigenvalue weighted by molar-refractivity contribution is 6.31. The lowest BCUT2D eigenvalue weighted by Gasteiger charge is -2.38. The molecule has 0 bridgehead atoms. The van der Waals surface area contributed by atoms with E-state index >= 15 is 4.39 Å². The number of halogens is 2. The number of aromatic nitrogens is 4. The minimum atomic E-state index is -1.15. The van der Waals surface area contributed by atoms with E-state index in [4.69, 9.17) is 16.3 Å². The molecule has 3 aromatic carbocycles. The van der Waals surface area contributed by atoms with Crippen molar-refractivity contribution in [1.29, 1.82) is 0 Å². The lowest BCUT2D eigenvalue weighted by atomic mass is 9.89. The third kappa shape index (κ3) is 5.95. The van der Waals surface area contributed by atoms with Crippen LogP contribution in [-0.4, -0.2) is 80.2 Å². The predicted molar refractivity (Wildman–Crippen MR) is 163 cm³/mol. The van der Waals surface area contributed by atoms with E-state index in [1.807, 2.05) is 0 Å². The number of carboxylic acid groups (broad SMARTS) is 1. The molecule has 0 spiro atoms. The number of carbonyl (C=O) groups is 4. The van der Waals surface area contributed by atoms with Crippen molar-refractivity contribution in [2.24, 2.45) is 0 Å². The number of ether oxygens (including phenoxy) is 1. The number of hydrogen-bond acceptors (Lipinski definition) is 8. The summed E-state index contributed by atoms with van der Waals surface area (Å²) in [6, 6.07) is 12.5. The SMILES string of the molecule is O=C(O)c1ccc(NC(=O)[C@@H]2c3cccc(N4CCOCC4=O)c3CCN2C(=O)/C=C/c2c(-n3cnnn3)ccc(Cl)c2F)cc1. The van der Waals surface area contributed by atoms with E-state index in [-0.39, 0.29) is 40.9 Å². The Balaban J connectivity index is 1.37. The van der Waals surface area contributed by atoms with Crippen LogP contribution in [0.5, 0.6) is 0 Å². The first-order valence-electron chi connectivity index (χ1n) is 14.1. The fourth-order valence-corrected chi connectivity index (χ4v) is 5.70. The fourth-order valence-electron chi connectivity index (χ4n) is 5.54. The molecule has 1 fully saturated rings. The van der Waals surface area contributed by atoms with Gasteiger partial charge in [-0.25, -0.2) is 9.18 Å². The zero-order valence-corrected chi connectivity index (χ0v) is 24.7. The summed E-state index contributed by atoms with van der Waals surface area (Å²) in [5, 5.41) is 22.8. The van der Waals surface area contributed by atoms with E-state index in [2.05, 4.69) is 20.8 Å². The van der Waals surface area contributed by atoms with Crippen LogP contribution in [0, 0.1) is 5.82 Å². The van der Waals surface area contributed by atoms with Gasteiger partial charge in [0.05, 0.1) is 22.9 Å². The molecule has 0 saturated carbocycles. The molecule has 0 unspecified atom stereocenters. The standard InChI is InChI=1S/C31H25ClFN7O6/c32-23-9-10-25(40-17-34-36-37-40)22(28(23)33)8-11-26(41)39-13-12-20-21(2-1-3-24(20)38-14-15-46-16-27(38)42)29(39)30(43)35-19-6-4-18(5-7-19)31(44)45/h1-11,17,29H,12-16H2,(H,35,43)(H,44,45)/b11-8+/t29-/m0/s1. The number of hydrogen-bond donors (Lipinski definition) is 2. The van der Waals surface area contributed by atoms with Crippen molar-refractivity contribution in [2.45, 2.75) is 12.5 Å². The van der Waals surface area contributed by atoms with Gasteiger partial charge in [-0.1, -0.05) is 23.7 Å². The van der Waals surface area contributed by atoms with E-state index in [9.17, 15) is 24.3 Å². The van der Waals surface area contributed by atoms with Gasteiger partial charge in [-0.2, -0.15) is 4.68 Å². The van der Waals surface area contributed by atoms with Crippen molar-refractivity contribution in [3.8, 4) is 5.69 Å². The first kappa shape index (κ1) is 30.6. The van der Waals surface area contributed by atoms with Crippen molar-refractivity contribution in [3.63, 3.8) is 0 Å². The van der Waals surface area contributed by atoms with Gasteiger partial charge in [0.25, 0.3) is 11.8 Å². The zero-order chi connectivity index (χ0) is 32.4. The fraction of sp³-hybridized carbons (Fsp3) is 0.194. The van der Waals surface area contributed by atoms with Crippen molar-refractivity contribution in [3.05, 3.63) is 100 Å². The summed E-state index contributed by atoms with van der Waals surface area (Å²) in [7, 11) is 0. The zero-order valence-electron chi connectivity index (χ0n) is 24.0.